The van der Waals surface area contributed by atoms with Crippen molar-refractivity contribution in [3.8, 4) is 0 Å². The first-order valence-corrected chi connectivity index (χ1v) is 7.65. The number of hydroxylamine groups is 1. The summed E-state index contributed by atoms with van der Waals surface area (Å²) in [4.78, 5) is 5.63. The van der Waals surface area contributed by atoms with Crippen molar-refractivity contribution in [1.29, 1.82) is 0 Å². The zero-order valence-electron chi connectivity index (χ0n) is 13.1. The highest BCUT2D eigenvalue weighted by Gasteiger charge is 2.21. The lowest BCUT2D eigenvalue weighted by Crippen LogP contribution is -2.34. The maximum atomic E-state index is 5.63. The Hall–Kier alpha value is -1.64. The molecule has 0 spiro atoms. The average Bonchev–Trinajstić information content (AvgIpc) is 2.49. The van der Waals surface area contributed by atoms with Crippen molar-refractivity contribution in [2.75, 3.05) is 6.61 Å². The number of benzene rings is 2. The first-order valence-electron chi connectivity index (χ1n) is 7.65. The lowest BCUT2D eigenvalue weighted by molar-refractivity contribution is 0.00143. The van der Waals surface area contributed by atoms with Crippen LogP contribution in [0.2, 0.25) is 0 Å². The van der Waals surface area contributed by atoms with Crippen molar-refractivity contribution in [3.63, 3.8) is 0 Å². The minimum atomic E-state index is 0.202. The molecule has 0 fully saturated rings. The third-order valence-electron chi connectivity index (χ3n) is 3.50. The second-order valence-corrected chi connectivity index (χ2v) is 5.91. The van der Waals surface area contributed by atoms with Gasteiger partial charge in [0.05, 0.1) is 6.61 Å². The van der Waals surface area contributed by atoms with E-state index in [1.807, 2.05) is 0 Å². The van der Waals surface area contributed by atoms with Crippen molar-refractivity contribution in [2.45, 2.75) is 32.7 Å². The summed E-state index contributed by atoms with van der Waals surface area (Å²) in [5.41, 5.74) is 5.82. The van der Waals surface area contributed by atoms with E-state index in [4.69, 9.17) is 4.84 Å². The van der Waals surface area contributed by atoms with Gasteiger partial charge in [-0.15, -0.1) is 0 Å². The molecule has 1 N–H and O–H groups in total. The average molecular weight is 283 g/mol. The molecule has 0 saturated heterocycles. The standard InChI is InChI=1S/C19H25NO/c1-15(2)14-21-20-16(3)19(17-10-6-4-7-11-17)18-12-8-5-9-13-18/h4-13,15-16,19-20H,14H2,1-3H3. The predicted octanol–water partition coefficient (Wildman–Crippen LogP) is 4.38. The van der Waals surface area contributed by atoms with Crippen molar-refractivity contribution < 1.29 is 4.84 Å². The van der Waals surface area contributed by atoms with Crippen molar-refractivity contribution in [2.24, 2.45) is 5.92 Å². The molecule has 2 heteroatoms. The smallest absolute Gasteiger partial charge is 0.0705 e. The van der Waals surface area contributed by atoms with Gasteiger partial charge >= 0.3 is 0 Å². The van der Waals surface area contributed by atoms with E-state index in [2.05, 4.69) is 86.9 Å². The lowest BCUT2D eigenvalue weighted by atomic mass is 9.86. The number of nitrogens with one attached hydrogen (secondary N) is 1. The normalized spacial score (nSPS) is 12.8. The molecule has 0 heterocycles. The van der Waals surface area contributed by atoms with E-state index in [0.29, 0.717) is 5.92 Å². The fraction of sp³-hybridized carbons (Fsp3) is 0.368. The van der Waals surface area contributed by atoms with Crippen LogP contribution in [0, 0.1) is 5.92 Å². The fourth-order valence-electron chi connectivity index (χ4n) is 2.50. The van der Waals surface area contributed by atoms with Gasteiger partial charge in [0, 0.05) is 12.0 Å². The molecule has 0 aliphatic heterocycles. The van der Waals surface area contributed by atoms with Gasteiger partial charge in [0.15, 0.2) is 0 Å². The SMILES string of the molecule is CC(C)CONC(C)C(c1ccccc1)c1ccccc1. The zero-order valence-corrected chi connectivity index (χ0v) is 13.1. The molecule has 0 amide bonds. The largest absolute Gasteiger partial charge is 0.301 e. The Balaban J connectivity index is 2.16. The highest BCUT2D eigenvalue weighted by molar-refractivity contribution is 5.33. The van der Waals surface area contributed by atoms with E-state index in [9.17, 15) is 0 Å². The monoisotopic (exact) mass is 283 g/mol. The molecule has 0 bridgehead atoms. The number of hydrogen-bond donors (Lipinski definition) is 1. The molecule has 2 nitrogen and oxygen atoms in total. The van der Waals surface area contributed by atoms with Gasteiger partial charge in [-0.05, 0) is 24.0 Å². The zero-order chi connectivity index (χ0) is 15.1. The summed E-state index contributed by atoms with van der Waals surface area (Å²) in [5, 5.41) is 0. The van der Waals surface area contributed by atoms with Gasteiger partial charge in [-0.1, -0.05) is 74.5 Å². The van der Waals surface area contributed by atoms with Crippen LogP contribution >= 0.6 is 0 Å². The van der Waals surface area contributed by atoms with Crippen molar-refractivity contribution >= 4 is 0 Å². The topological polar surface area (TPSA) is 21.3 Å². The maximum Gasteiger partial charge on any atom is 0.0705 e. The molecular formula is C19H25NO. The fourth-order valence-corrected chi connectivity index (χ4v) is 2.50. The quantitative estimate of drug-likeness (QED) is 0.761. The molecule has 2 aromatic carbocycles. The number of hydrogen-bond acceptors (Lipinski definition) is 2. The maximum absolute atomic E-state index is 5.63. The van der Waals surface area contributed by atoms with Crippen LogP contribution in [0.1, 0.15) is 37.8 Å². The summed E-state index contributed by atoms with van der Waals surface area (Å²) in [6, 6.07) is 21.4. The minimum Gasteiger partial charge on any atom is -0.301 e. The highest BCUT2D eigenvalue weighted by atomic mass is 16.6. The Kier molecular flexibility index (Phi) is 5.97. The van der Waals surface area contributed by atoms with Crippen LogP contribution in [0.25, 0.3) is 0 Å². The summed E-state index contributed by atoms with van der Waals surface area (Å²) in [6.07, 6.45) is 0. The van der Waals surface area contributed by atoms with Gasteiger partial charge < -0.3 is 4.84 Å². The molecule has 0 aromatic heterocycles. The first kappa shape index (κ1) is 15.7. The Morgan fingerprint density at radius 3 is 1.71 bits per heavy atom. The van der Waals surface area contributed by atoms with Gasteiger partial charge in [0.2, 0.25) is 0 Å². The first-order chi connectivity index (χ1) is 10.2. The van der Waals surface area contributed by atoms with Gasteiger partial charge in [-0.25, -0.2) is 0 Å². The second-order valence-electron chi connectivity index (χ2n) is 5.91. The van der Waals surface area contributed by atoms with Crippen LogP contribution in [0.15, 0.2) is 60.7 Å². The summed E-state index contributed by atoms with van der Waals surface area (Å²) in [5.74, 6) is 0.802. The molecule has 1 unspecified atom stereocenters. The molecule has 2 aromatic rings. The molecule has 0 saturated carbocycles. The molecular weight excluding hydrogens is 258 g/mol. The lowest BCUT2D eigenvalue weighted by Gasteiger charge is -2.26. The van der Waals surface area contributed by atoms with Crippen LogP contribution in [-0.4, -0.2) is 12.6 Å². The van der Waals surface area contributed by atoms with Crippen molar-refractivity contribution in [3.05, 3.63) is 71.8 Å². The molecule has 0 aliphatic carbocycles. The molecule has 21 heavy (non-hydrogen) atoms. The Morgan fingerprint density at radius 1 is 0.810 bits per heavy atom. The highest BCUT2D eigenvalue weighted by Crippen LogP contribution is 2.27. The van der Waals surface area contributed by atoms with Crippen LogP contribution in [-0.2, 0) is 4.84 Å². The van der Waals surface area contributed by atoms with E-state index in [1.54, 1.807) is 0 Å². The third kappa shape index (κ3) is 4.69. The Morgan fingerprint density at radius 2 is 1.29 bits per heavy atom. The van der Waals surface area contributed by atoms with E-state index in [0.717, 1.165) is 6.61 Å². The van der Waals surface area contributed by atoms with Crippen LogP contribution in [0.4, 0.5) is 0 Å². The molecule has 2 rings (SSSR count). The van der Waals surface area contributed by atoms with Gasteiger partial charge in [0.1, 0.15) is 0 Å². The Bertz CT molecular complexity index is 470. The van der Waals surface area contributed by atoms with E-state index in [1.165, 1.54) is 11.1 Å². The minimum absolute atomic E-state index is 0.202. The Labute approximate surface area is 128 Å². The van der Waals surface area contributed by atoms with E-state index in [-0.39, 0.29) is 12.0 Å². The van der Waals surface area contributed by atoms with Gasteiger partial charge in [-0.3, -0.25) is 0 Å². The van der Waals surface area contributed by atoms with E-state index < -0.39 is 0 Å². The van der Waals surface area contributed by atoms with Crippen LogP contribution < -0.4 is 5.48 Å². The molecule has 112 valence electrons. The predicted molar refractivity (Wildman–Crippen MR) is 88.1 cm³/mol. The van der Waals surface area contributed by atoms with Crippen LogP contribution in [0.5, 0.6) is 0 Å². The van der Waals surface area contributed by atoms with Crippen molar-refractivity contribution in [1.82, 2.24) is 5.48 Å². The summed E-state index contributed by atoms with van der Waals surface area (Å²) >= 11 is 0. The van der Waals surface area contributed by atoms with Gasteiger partial charge in [-0.2, -0.15) is 5.48 Å². The summed E-state index contributed by atoms with van der Waals surface area (Å²) < 4.78 is 0. The van der Waals surface area contributed by atoms with E-state index >= 15 is 0 Å². The summed E-state index contributed by atoms with van der Waals surface area (Å²) in [6.45, 7) is 7.20. The second kappa shape index (κ2) is 7.96. The summed E-state index contributed by atoms with van der Waals surface area (Å²) in [7, 11) is 0. The molecule has 0 radical (unpaired) electrons. The van der Waals surface area contributed by atoms with Crippen LogP contribution in [0.3, 0.4) is 0 Å². The van der Waals surface area contributed by atoms with Gasteiger partial charge in [0.25, 0.3) is 0 Å². The third-order valence-corrected chi connectivity index (χ3v) is 3.50. The molecule has 0 aliphatic rings. The molecule has 1 atom stereocenters. The number of rotatable bonds is 7.